The lowest BCUT2D eigenvalue weighted by Gasteiger charge is -2.24. The van der Waals surface area contributed by atoms with Crippen LogP contribution in [0, 0.1) is 5.82 Å². The monoisotopic (exact) mass is 416 g/mol. The zero-order valence-corrected chi connectivity index (χ0v) is 16.5. The molecule has 2 N–H and O–H groups in total. The number of aromatic nitrogens is 2. The number of nitrogens with one attached hydrogen (secondary N) is 2. The van der Waals surface area contributed by atoms with Gasteiger partial charge >= 0.3 is 0 Å². The highest BCUT2D eigenvalue weighted by Gasteiger charge is 2.20. The van der Waals surface area contributed by atoms with Crippen LogP contribution in [0.1, 0.15) is 43.4 Å². The van der Waals surface area contributed by atoms with Gasteiger partial charge in [0.05, 0.1) is 29.0 Å². The molecule has 1 fully saturated rings. The lowest BCUT2D eigenvalue weighted by Crippen LogP contribution is -2.27. The van der Waals surface area contributed by atoms with Crippen LogP contribution in [0.3, 0.4) is 0 Å². The predicted molar refractivity (Wildman–Crippen MR) is 110 cm³/mol. The molecule has 2 aromatic carbocycles. The summed E-state index contributed by atoms with van der Waals surface area (Å²) in [7, 11) is 0. The van der Waals surface area contributed by atoms with E-state index in [0.717, 1.165) is 43.2 Å². The van der Waals surface area contributed by atoms with Crippen LogP contribution >= 0.6 is 0 Å². The smallest absolute Gasteiger partial charge is 0.266 e. The molecule has 1 aliphatic heterocycles. The molecule has 158 valence electrons. The number of ether oxygens (including phenoxy) is 1. The lowest BCUT2D eigenvalue weighted by atomic mass is 10.0. The van der Waals surface area contributed by atoms with Gasteiger partial charge in [-0.25, -0.2) is 13.2 Å². The predicted octanol–water partition coefficient (Wildman–Crippen LogP) is 5.47. The number of halogens is 3. The van der Waals surface area contributed by atoms with Gasteiger partial charge in [0.2, 0.25) is 0 Å². The molecule has 0 unspecified atom stereocenters. The molecule has 1 aromatic heterocycles. The van der Waals surface area contributed by atoms with E-state index in [-0.39, 0.29) is 5.56 Å². The van der Waals surface area contributed by atoms with Gasteiger partial charge in [0.25, 0.3) is 6.43 Å². The molecule has 2 heterocycles. The maximum Gasteiger partial charge on any atom is 0.266 e. The molecule has 0 spiro atoms. The number of benzene rings is 2. The van der Waals surface area contributed by atoms with Crippen LogP contribution in [0.4, 0.5) is 24.5 Å². The molecule has 0 radical (unpaired) electrons. The number of hydrogen-bond donors (Lipinski definition) is 2. The summed E-state index contributed by atoms with van der Waals surface area (Å²) in [5, 5.41) is 15.7. The summed E-state index contributed by atoms with van der Waals surface area (Å²) in [6.45, 7) is 3.21. The minimum absolute atomic E-state index is 0.175. The molecule has 0 aliphatic carbocycles. The average Bonchev–Trinajstić information content (AvgIpc) is 2.75. The first-order valence-electron chi connectivity index (χ1n) is 9.95. The first-order chi connectivity index (χ1) is 14.5. The Balaban J connectivity index is 1.60. The molecule has 1 atom stereocenters. The Morgan fingerprint density at radius 2 is 1.87 bits per heavy atom. The maximum absolute atomic E-state index is 14.5. The van der Waals surface area contributed by atoms with Crippen molar-refractivity contribution in [1.82, 2.24) is 10.2 Å². The van der Waals surface area contributed by atoms with E-state index in [2.05, 4.69) is 20.8 Å². The van der Waals surface area contributed by atoms with Gasteiger partial charge in [0.1, 0.15) is 5.82 Å². The van der Waals surface area contributed by atoms with Crippen LogP contribution in [0.2, 0.25) is 0 Å². The van der Waals surface area contributed by atoms with Gasteiger partial charge in [-0.05, 0) is 38.0 Å². The summed E-state index contributed by atoms with van der Waals surface area (Å²) in [6.07, 6.45) is 0.578. The van der Waals surface area contributed by atoms with Crippen molar-refractivity contribution in [1.29, 1.82) is 0 Å². The summed E-state index contributed by atoms with van der Waals surface area (Å²) in [5.74, 6) is -0.888. The molecule has 3 aromatic rings. The Morgan fingerprint density at radius 1 is 1.10 bits per heavy atom. The standard InChI is InChI=1S/C22H23F3N4O/c1-13(16-3-2-4-17(21(16)23)22(24)25)27-20-12-26-29-19-6-5-15(11-18(19)20)28-14-7-9-30-10-8-14/h2-6,11-14,22,28H,7-10H2,1H3,(H,27,29)/t13-/m1/s1. The number of alkyl halides is 2. The summed E-state index contributed by atoms with van der Waals surface area (Å²) in [6, 6.07) is 9.65. The van der Waals surface area contributed by atoms with Crippen LogP contribution in [0.25, 0.3) is 10.9 Å². The van der Waals surface area contributed by atoms with Gasteiger partial charge in [-0.3, -0.25) is 0 Å². The Kier molecular flexibility index (Phi) is 6.03. The van der Waals surface area contributed by atoms with E-state index in [1.807, 2.05) is 18.2 Å². The molecule has 0 bridgehead atoms. The fourth-order valence-corrected chi connectivity index (χ4v) is 3.72. The molecule has 0 saturated carbocycles. The summed E-state index contributed by atoms with van der Waals surface area (Å²) in [5.41, 5.74) is 1.87. The van der Waals surface area contributed by atoms with Gasteiger partial charge in [-0.1, -0.05) is 18.2 Å². The second-order valence-corrected chi connectivity index (χ2v) is 7.44. The van der Waals surface area contributed by atoms with Crippen molar-refractivity contribution in [2.24, 2.45) is 0 Å². The first kappa shape index (κ1) is 20.4. The number of anilines is 2. The molecule has 1 saturated heterocycles. The fraction of sp³-hybridized carbons (Fsp3) is 0.364. The van der Waals surface area contributed by atoms with E-state index in [1.54, 1.807) is 13.1 Å². The van der Waals surface area contributed by atoms with Crippen molar-refractivity contribution < 1.29 is 17.9 Å². The Labute approximate surface area is 172 Å². The van der Waals surface area contributed by atoms with E-state index < -0.39 is 23.8 Å². The zero-order valence-electron chi connectivity index (χ0n) is 16.5. The second kappa shape index (κ2) is 8.87. The van der Waals surface area contributed by atoms with Crippen molar-refractivity contribution in [3.8, 4) is 0 Å². The molecular weight excluding hydrogens is 393 g/mol. The van der Waals surface area contributed by atoms with Crippen LogP contribution in [-0.4, -0.2) is 29.5 Å². The number of rotatable bonds is 6. The van der Waals surface area contributed by atoms with E-state index in [0.29, 0.717) is 17.2 Å². The Morgan fingerprint density at radius 3 is 2.63 bits per heavy atom. The fourth-order valence-electron chi connectivity index (χ4n) is 3.72. The van der Waals surface area contributed by atoms with E-state index in [4.69, 9.17) is 4.74 Å². The van der Waals surface area contributed by atoms with Gasteiger partial charge in [-0.15, -0.1) is 0 Å². The third-order valence-electron chi connectivity index (χ3n) is 5.36. The van der Waals surface area contributed by atoms with Crippen molar-refractivity contribution >= 4 is 22.3 Å². The third-order valence-corrected chi connectivity index (χ3v) is 5.36. The van der Waals surface area contributed by atoms with Crippen LogP contribution in [-0.2, 0) is 4.74 Å². The average molecular weight is 416 g/mol. The van der Waals surface area contributed by atoms with Crippen molar-refractivity contribution in [3.05, 3.63) is 59.5 Å². The maximum atomic E-state index is 14.5. The molecule has 0 amide bonds. The highest BCUT2D eigenvalue weighted by Crippen LogP contribution is 2.31. The van der Waals surface area contributed by atoms with Crippen molar-refractivity contribution in [2.45, 2.75) is 38.3 Å². The minimum Gasteiger partial charge on any atom is -0.382 e. The molecule has 8 heteroatoms. The third kappa shape index (κ3) is 4.33. The van der Waals surface area contributed by atoms with Crippen LogP contribution in [0.15, 0.2) is 42.6 Å². The molecule has 5 nitrogen and oxygen atoms in total. The summed E-state index contributed by atoms with van der Waals surface area (Å²) >= 11 is 0. The first-order valence-corrected chi connectivity index (χ1v) is 9.95. The SMILES string of the molecule is C[C@@H](Nc1cnnc2ccc(NC3CCOCC3)cc12)c1cccc(C(F)F)c1F. The second-order valence-electron chi connectivity index (χ2n) is 7.44. The Bertz CT molecular complexity index is 1020. The Hall–Kier alpha value is -2.87. The molecular formula is C22H23F3N4O. The highest BCUT2D eigenvalue weighted by atomic mass is 19.3. The topological polar surface area (TPSA) is 59.1 Å². The van der Waals surface area contributed by atoms with Gasteiger partial charge in [-0.2, -0.15) is 10.2 Å². The van der Waals surface area contributed by atoms with E-state index in [1.165, 1.54) is 12.1 Å². The highest BCUT2D eigenvalue weighted by molar-refractivity contribution is 5.92. The molecule has 4 rings (SSSR count). The number of hydrogen-bond acceptors (Lipinski definition) is 5. The quantitative estimate of drug-likeness (QED) is 0.558. The van der Waals surface area contributed by atoms with E-state index >= 15 is 0 Å². The normalized spacial score (nSPS) is 16.0. The van der Waals surface area contributed by atoms with E-state index in [9.17, 15) is 13.2 Å². The van der Waals surface area contributed by atoms with Crippen LogP contribution < -0.4 is 10.6 Å². The number of fused-ring (bicyclic) bond motifs is 1. The number of nitrogens with zero attached hydrogens (tertiary/aromatic N) is 2. The van der Waals surface area contributed by atoms with Gasteiger partial charge < -0.3 is 15.4 Å². The zero-order chi connectivity index (χ0) is 21.1. The molecule has 30 heavy (non-hydrogen) atoms. The lowest BCUT2D eigenvalue weighted by molar-refractivity contribution is 0.0904. The summed E-state index contributed by atoms with van der Waals surface area (Å²) < 4.78 is 46.0. The largest absolute Gasteiger partial charge is 0.382 e. The van der Waals surface area contributed by atoms with Gasteiger partial charge in [0, 0.05) is 35.9 Å². The van der Waals surface area contributed by atoms with Crippen molar-refractivity contribution in [2.75, 3.05) is 23.8 Å². The molecule has 1 aliphatic rings. The summed E-state index contributed by atoms with van der Waals surface area (Å²) in [4.78, 5) is 0. The minimum atomic E-state index is -2.86. The van der Waals surface area contributed by atoms with Crippen LogP contribution in [0.5, 0.6) is 0 Å². The van der Waals surface area contributed by atoms with Gasteiger partial charge in [0.15, 0.2) is 0 Å². The van der Waals surface area contributed by atoms with Crippen molar-refractivity contribution in [3.63, 3.8) is 0 Å².